The number of benzene rings is 1. The van der Waals surface area contributed by atoms with Gasteiger partial charge >= 0.3 is 12.3 Å². The highest BCUT2D eigenvalue weighted by Gasteiger charge is 2.33. The molecule has 0 bridgehead atoms. The summed E-state index contributed by atoms with van der Waals surface area (Å²) in [7, 11) is 0. The maximum absolute atomic E-state index is 13.5. The van der Waals surface area contributed by atoms with Gasteiger partial charge in [0, 0.05) is 24.2 Å². The summed E-state index contributed by atoms with van der Waals surface area (Å²) in [5.41, 5.74) is -1.62. The maximum atomic E-state index is 13.5. The van der Waals surface area contributed by atoms with E-state index in [4.69, 9.17) is 14.2 Å². The van der Waals surface area contributed by atoms with Gasteiger partial charge in [-0.25, -0.2) is 4.79 Å². The molecular formula is C26H32F3N3O6S. The van der Waals surface area contributed by atoms with E-state index in [0.29, 0.717) is 18.0 Å². The summed E-state index contributed by atoms with van der Waals surface area (Å²) < 4.78 is 59.3. The SMILES string of the molecule is CC(C)(C)c1cn(C[C@H]2CCCO2)c(=NC(=O)c2cc(C(F)(F)F)ccc2OC[C@@H]2COCCN2C(=O)O)s1. The Kier molecular flexibility index (Phi) is 8.72. The van der Waals surface area contributed by atoms with Crippen molar-refractivity contribution in [2.45, 2.75) is 63.9 Å². The molecule has 0 spiro atoms. The average molecular weight is 572 g/mol. The molecule has 2 aromatic rings. The number of amides is 2. The molecule has 2 atom stereocenters. The van der Waals surface area contributed by atoms with Gasteiger partial charge < -0.3 is 23.9 Å². The molecule has 2 saturated heterocycles. The number of carbonyl (C=O) groups excluding carboxylic acids is 1. The molecule has 0 aliphatic carbocycles. The first-order valence-electron chi connectivity index (χ1n) is 12.7. The van der Waals surface area contributed by atoms with Crippen LogP contribution in [0.2, 0.25) is 0 Å². The van der Waals surface area contributed by atoms with Gasteiger partial charge in [-0.2, -0.15) is 18.2 Å². The lowest BCUT2D eigenvalue weighted by molar-refractivity contribution is -0.137. The number of carboxylic acid groups (broad SMARTS) is 1. The van der Waals surface area contributed by atoms with Crippen molar-refractivity contribution in [2.75, 3.05) is 33.0 Å². The van der Waals surface area contributed by atoms with E-state index in [1.807, 2.05) is 31.5 Å². The summed E-state index contributed by atoms with van der Waals surface area (Å²) in [6.07, 6.45) is -2.18. The fraction of sp³-hybridized carbons (Fsp3) is 0.577. The van der Waals surface area contributed by atoms with Crippen molar-refractivity contribution < 1.29 is 42.1 Å². The Bertz CT molecular complexity index is 1260. The molecule has 2 aliphatic heterocycles. The van der Waals surface area contributed by atoms with Gasteiger partial charge in [0.05, 0.1) is 43.0 Å². The number of hydrogen-bond acceptors (Lipinski definition) is 6. The van der Waals surface area contributed by atoms with Crippen LogP contribution in [0.3, 0.4) is 0 Å². The Balaban J connectivity index is 1.69. The number of halogens is 3. The smallest absolute Gasteiger partial charge is 0.416 e. The largest absolute Gasteiger partial charge is 0.491 e. The number of morpholine rings is 1. The van der Waals surface area contributed by atoms with E-state index in [1.165, 1.54) is 11.3 Å². The van der Waals surface area contributed by atoms with Gasteiger partial charge in [-0.1, -0.05) is 20.8 Å². The molecule has 0 saturated carbocycles. The summed E-state index contributed by atoms with van der Waals surface area (Å²) in [5, 5.41) is 9.44. The second-order valence-electron chi connectivity index (χ2n) is 10.6. The second-order valence-corrected chi connectivity index (χ2v) is 11.6. The number of ether oxygens (including phenoxy) is 3. The fourth-order valence-corrected chi connectivity index (χ4v) is 5.39. The molecule has 3 heterocycles. The molecule has 0 unspecified atom stereocenters. The fourth-order valence-electron chi connectivity index (χ4n) is 4.33. The first kappa shape index (κ1) is 29.1. The zero-order chi connectivity index (χ0) is 28.4. The number of rotatable bonds is 6. The van der Waals surface area contributed by atoms with E-state index in [0.717, 1.165) is 40.8 Å². The number of alkyl halides is 3. The lowest BCUT2D eigenvalue weighted by Crippen LogP contribution is -2.50. The van der Waals surface area contributed by atoms with E-state index < -0.39 is 29.8 Å². The third-order valence-corrected chi connectivity index (χ3v) is 7.97. The molecule has 2 aliphatic rings. The van der Waals surface area contributed by atoms with Gasteiger partial charge in [0.1, 0.15) is 12.4 Å². The normalized spacial score (nSPS) is 20.9. The topological polar surface area (TPSA) is 103 Å². The second kappa shape index (κ2) is 11.7. The Morgan fingerprint density at radius 3 is 2.64 bits per heavy atom. The number of thiazole rings is 1. The molecule has 1 aromatic carbocycles. The van der Waals surface area contributed by atoms with E-state index in [1.54, 1.807) is 0 Å². The van der Waals surface area contributed by atoms with E-state index in [2.05, 4.69) is 4.99 Å². The van der Waals surface area contributed by atoms with Crippen molar-refractivity contribution in [2.24, 2.45) is 4.99 Å². The molecule has 0 radical (unpaired) electrons. The van der Waals surface area contributed by atoms with Crippen LogP contribution in [0, 0.1) is 0 Å². The number of hydrogen-bond donors (Lipinski definition) is 1. The number of aromatic nitrogens is 1. The third kappa shape index (κ3) is 7.20. The van der Waals surface area contributed by atoms with Gasteiger partial charge in [-0.05, 0) is 36.5 Å². The zero-order valence-corrected chi connectivity index (χ0v) is 22.8. The van der Waals surface area contributed by atoms with E-state index in [9.17, 15) is 27.9 Å². The van der Waals surface area contributed by atoms with Crippen LogP contribution in [-0.2, 0) is 27.6 Å². The average Bonchev–Trinajstić information content (AvgIpc) is 3.52. The summed E-state index contributed by atoms with van der Waals surface area (Å²) in [4.78, 5) is 31.6. The quantitative estimate of drug-likeness (QED) is 0.546. The molecule has 1 aromatic heterocycles. The summed E-state index contributed by atoms with van der Waals surface area (Å²) in [6, 6.07) is 1.92. The minimum absolute atomic E-state index is 0.0381. The number of nitrogens with zero attached hydrogens (tertiary/aromatic N) is 3. The highest BCUT2D eigenvalue weighted by molar-refractivity contribution is 7.09. The molecule has 214 valence electrons. The van der Waals surface area contributed by atoms with Gasteiger partial charge in [-0.3, -0.25) is 9.69 Å². The van der Waals surface area contributed by atoms with Gasteiger partial charge in [0.25, 0.3) is 5.91 Å². The molecule has 13 heteroatoms. The van der Waals surface area contributed by atoms with Crippen molar-refractivity contribution in [1.29, 1.82) is 0 Å². The van der Waals surface area contributed by atoms with Crippen molar-refractivity contribution >= 4 is 23.3 Å². The Morgan fingerprint density at radius 1 is 1.23 bits per heavy atom. The summed E-state index contributed by atoms with van der Waals surface area (Å²) >= 11 is 1.30. The van der Waals surface area contributed by atoms with Crippen LogP contribution in [0.5, 0.6) is 5.75 Å². The predicted octanol–water partition coefficient (Wildman–Crippen LogP) is 4.54. The van der Waals surface area contributed by atoms with E-state index in [-0.39, 0.29) is 49.2 Å². The predicted molar refractivity (Wildman–Crippen MR) is 136 cm³/mol. The monoisotopic (exact) mass is 571 g/mol. The van der Waals surface area contributed by atoms with E-state index >= 15 is 0 Å². The van der Waals surface area contributed by atoms with Crippen LogP contribution in [0.15, 0.2) is 29.4 Å². The molecule has 2 amide bonds. The van der Waals surface area contributed by atoms with Crippen molar-refractivity contribution in [3.05, 3.63) is 45.2 Å². The van der Waals surface area contributed by atoms with Gasteiger partial charge in [0.15, 0.2) is 4.80 Å². The van der Waals surface area contributed by atoms with Crippen molar-refractivity contribution in [3.8, 4) is 5.75 Å². The van der Waals surface area contributed by atoms with Crippen LogP contribution in [-0.4, -0.2) is 71.7 Å². The summed E-state index contributed by atoms with van der Waals surface area (Å²) in [5.74, 6) is -1.01. The van der Waals surface area contributed by atoms with Gasteiger partial charge in [-0.15, -0.1) is 11.3 Å². The summed E-state index contributed by atoms with van der Waals surface area (Å²) in [6.45, 7) is 7.42. The molecular weight excluding hydrogens is 539 g/mol. The van der Waals surface area contributed by atoms with Crippen LogP contribution in [0.4, 0.5) is 18.0 Å². The van der Waals surface area contributed by atoms with Crippen LogP contribution in [0.1, 0.15) is 54.4 Å². The molecule has 9 nitrogen and oxygen atoms in total. The minimum atomic E-state index is -4.69. The Hall–Kier alpha value is -2.90. The van der Waals surface area contributed by atoms with Gasteiger partial charge in [0.2, 0.25) is 0 Å². The standard InChI is InChI=1S/C26H32F3N3O6S/c1-25(2,3)21-13-31(12-18-5-4-9-37-18)23(39-21)30-22(33)19-11-16(26(27,28)29)6-7-20(19)38-15-17-14-36-10-8-32(17)24(34)35/h6-7,11,13,17-18H,4-5,8-10,12,14-15H2,1-3H3,(H,34,35)/t17-,18+/m0/s1. The zero-order valence-electron chi connectivity index (χ0n) is 22.0. The first-order valence-corrected chi connectivity index (χ1v) is 13.5. The first-order chi connectivity index (χ1) is 18.3. The highest BCUT2D eigenvalue weighted by Crippen LogP contribution is 2.33. The molecule has 4 rings (SSSR count). The molecule has 1 N–H and O–H groups in total. The highest BCUT2D eigenvalue weighted by atomic mass is 32.1. The van der Waals surface area contributed by atoms with Crippen molar-refractivity contribution in [1.82, 2.24) is 9.47 Å². The van der Waals surface area contributed by atoms with Crippen molar-refractivity contribution in [3.63, 3.8) is 0 Å². The Labute approximate surface area is 227 Å². The third-order valence-electron chi connectivity index (χ3n) is 6.52. The van der Waals surface area contributed by atoms with Crippen LogP contribution in [0.25, 0.3) is 0 Å². The number of carbonyl (C=O) groups is 2. The molecule has 2 fully saturated rings. The Morgan fingerprint density at radius 2 is 2.00 bits per heavy atom. The minimum Gasteiger partial charge on any atom is -0.491 e. The van der Waals surface area contributed by atoms with Crippen LogP contribution >= 0.6 is 11.3 Å². The lowest BCUT2D eigenvalue weighted by Gasteiger charge is -2.33. The maximum Gasteiger partial charge on any atom is 0.416 e. The lowest BCUT2D eigenvalue weighted by atomic mass is 9.95. The molecule has 39 heavy (non-hydrogen) atoms. The van der Waals surface area contributed by atoms with Crippen LogP contribution < -0.4 is 9.54 Å².